The first kappa shape index (κ1) is 27.1. The second-order valence-corrected chi connectivity index (χ2v) is 10.8. The highest BCUT2D eigenvalue weighted by molar-refractivity contribution is 9.10. The number of rotatable bonds is 8. The van der Waals surface area contributed by atoms with E-state index in [0.717, 1.165) is 15.6 Å². The molecule has 1 atom stereocenters. The summed E-state index contributed by atoms with van der Waals surface area (Å²) in [6.07, 6.45) is 3.47. The smallest absolute Gasteiger partial charge is 0.271 e. The molecule has 4 rings (SSSR count). The Morgan fingerprint density at radius 2 is 1.95 bits per heavy atom. The van der Waals surface area contributed by atoms with E-state index in [2.05, 4.69) is 22.5 Å². The summed E-state index contributed by atoms with van der Waals surface area (Å²) < 4.78 is 8.77. The molecule has 3 aromatic rings. The Bertz CT molecular complexity index is 1550. The topological polar surface area (TPSA) is 63.9 Å². The predicted octanol–water partition coefficient (Wildman–Crippen LogP) is 5.08. The van der Waals surface area contributed by atoms with Crippen LogP contribution in [-0.4, -0.2) is 35.1 Å². The van der Waals surface area contributed by atoms with Gasteiger partial charge in [0.05, 0.1) is 21.8 Å². The van der Waals surface area contributed by atoms with E-state index >= 15 is 0 Å². The number of allylic oxidation sites excluding steroid dienone is 1. The third-order valence-corrected chi connectivity index (χ3v) is 7.83. The van der Waals surface area contributed by atoms with E-state index in [-0.39, 0.29) is 11.5 Å². The maximum atomic E-state index is 13.9. The molecular weight excluding hydrogens is 574 g/mol. The molecule has 0 fully saturated rings. The van der Waals surface area contributed by atoms with Gasteiger partial charge >= 0.3 is 0 Å². The summed E-state index contributed by atoms with van der Waals surface area (Å²) in [5, 5.41) is 0.579. The van der Waals surface area contributed by atoms with Gasteiger partial charge in [-0.3, -0.25) is 14.2 Å². The number of halogens is 2. The molecule has 192 valence electrons. The molecule has 6 nitrogen and oxygen atoms in total. The molecule has 0 saturated carbocycles. The number of thiazole rings is 1. The van der Waals surface area contributed by atoms with Gasteiger partial charge in [-0.25, -0.2) is 4.99 Å². The van der Waals surface area contributed by atoms with Gasteiger partial charge < -0.3 is 9.64 Å². The van der Waals surface area contributed by atoms with Gasteiger partial charge in [0.1, 0.15) is 12.4 Å². The van der Waals surface area contributed by atoms with E-state index in [4.69, 9.17) is 21.3 Å². The lowest BCUT2D eigenvalue weighted by atomic mass is 9.94. The maximum absolute atomic E-state index is 13.9. The molecule has 0 unspecified atom stereocenters. The number of ether oxygens (including phenoxy) is 1. The lowest BCUT2D eigenvalue weighted by molar-refractivity contribution is -0.127. The monoisotopic (exact) mass is 599 g/mol. The molecule has 9 heteroatoms. The summed E-state index contributed by atoms with van der Waals surface area (Å²) in [6, 6.07) is 12.3. The average molecular weight is 601 g/mol. The quantitative estimate of drug-likeness (QED) is 0.339. The summed E-state index contributed by atoms with van der Waals surface area (Å²) >= 11 is 11.0. The molecular formula is C28H27BrClN3O3S. The van der Waals surface area contributed by atoms with Crippen molar-refractivity contribution < 1.29 is 9.53 Å². The van der Waals surface area contributed by atoms with Gasteiger partial charge in [0.25, 0.3) is 11.5 Å². The summed E-state index contributed by atoms with van der Waals surface area (Å²) in [6.45, 7) is 10.9. The number of carbonyl (C=O) groups is 1. The van der Waals surface area contributed by atoms with Gasteiger partial charge in [0, 0.05) is 28.1 Å². The SMILES string of the molecule is C=CCOc1ccc(Br)cc1/C=c1/sc2n(c1=O)[C@H](c1ccc(Cl)cc1)C(C(=O)N(CC)CC)=C(C)N=2. The van der Waals surface area contributed by atoms with Crippen LogP contribution in [0.5, 0.6) is 5.75 Å². The number of amides is 1. The summed E-state index contributed by atoms with van der Waals surface area (Å²) in [5.74, 6) is 0.504. The Morgan fingerprint density at radius 3 is 2.59 bits per heavy atom. The third kappa shape index (κ3) is 5.51. The van der Waals surface area contributed by atoms with Crippen LogP contribution in [0.15, 0.2) is 80.6 Å². The Morgan fingerprint density at radius 1 is 1.24 bits per heavy atom. The lowest BCUT2D eigenvalue weighted by Gasteiger charge is -2.29. The normalized spacial score (nSPS) is 15.3. The van der Waals surface area contributed by atoms with Crippen molar-refractivity contribution in [3.05, 3.63) is 107 Å². The highest BCUT2D eigenvalue weighted by Crippen LogP contribution is 2.32. The Kier molecular flexibility index (Phi) is 8.52. The Labute approximate surface area is 233 Å². The first-order valence-electron chi connectivity index (χ1n) is 11.9. The number of hydrogen-bond acceptors (Lipinski definition) is 5. The molecule has 0 spiro atoms. The zero-order chi connectivity index (χ0) is 26.7. The third-order valence-electron chi connectivity index (χ3n) is 6.10. The van der Waals surface area contributed by atoms with E-state index in [1.165, 1.54) is 11.3 Å². The van der Waals surface area contributed by atoms with Crippen molar-refractivity contribution in [1.29, 1.82) is 0 Å². The van der Waals surface area contributed by atoms with Gasteiger partial charge in [-0.15, -0.1) is 0 Å². The fourth-order valence-electron chi connectivity index (χ4n) is 4.29. The molecule has 1 aliphatic rings. The van der Waals surface area contributed by atoms with E-state index in [9.17, 15) is 9.59 Å². The van der Waals surface area contributed by atoms with Crippen molar-refractivity contribution in [2.24, 2.45) is 4.99 Å². The molecule has 2 heterocycles. The van der Waals surface area contributed by atoms with Crippen molar-refractivity contribution in [3.8, 4) is 5.75 Å². The van der Waals surface area contributed by atoms with Crippen LogP contribution in [0.1, 0.15) is 37.9 Å². The second kappa shape index (κ2) is 11.6. The molecule has 0 aliphatic carbocycles. The standard InChI is InChI=1S/C28H27BrClN3O3S/c1-5-14-36-22-13-10-20(29)15-19(22)16-23-26(34)33-25(18-8-11-21(30)12-9-18)24(17(4)31-28(33)37-23)27(35)32(6-2)7-3/h5,8-13,15-16,25H,1,6-7,14H2,2-4H3/b23-16+/t25-/m1/s1. The van der Waals surface area contributed by atoms with Crippen molar-refractivity contribution in [2.75, 3.05) is 19.7 Å². The minimum atomic E-state index is -0.622. The number of carbonyl (C=O) groups excluding carboxylic acids is 1. The first-order chi connectivity index (χ1) is 17.8. The Hall–Kier alpha value is -2.94. The fraction of sp³-hybridized carbons (Fsp3) is 0.250. The van der Waals surface area contributed by atoms with Crippen LogP contribution in [0.2, 0.25) is 5.02 Å². The van der Waals surface area contributed by atoms with E-state index < -0.39 is 6.04 Å². The minimum Gasteiger partial charge on any atom is -0.489 e. The second-order valence-electron chi connectivity index (χ2n) is 8.39. The zero-order valence-corrected chi connectivity index (χ0v) is 24.0. The van der Waals surface area contributed by atoms with Gasteiger partial charge in [0.15, 0.2) is 4.80 Å². The summed E-state index contributed by atoms with van der Waals surface area (Å²) in [4.78, 5) is 34.6. The van der Waals surface area contributed by atoms with Gasteiger partial charge in [-0.2, -0.15) is 0 Å². The fourth-order valence-corrected chi connectivity index (χ4v) is 5.83. The molecule has 0 saturated heterocycles. The highest BCUT2D eigenvalue weighted by Gasteiger charge is 2.34. The van der Waals surface area contributed by atoms with E-state index in [1.54, 1.807) is 33.8 Å². The molecule has 37 heavy (non-hydrogen) atoms. The molecule has 0 bridgehead atoms. The predicted molar refractivity (Wildman–Crippen MR) is 153 cm³/mol. The number of likely N-dealkylation sites (N-methyl/N-ethyl adjacent to an activating group) is 1. The summed E-state index contributed by atoms with van der Waals surface area (Å²) in [7, 11) is 0. The first-order valence-corrected chi connectivity index (χ1v) is 13.9. The van der Waals surface area contributed by atoms with Gasteiger partial charge in [-0.05, 0) is 62.7 Å². The Balaban J connectivity index is 1.95. The number of nitrogens with zero attached hydrogens (tertiary/aromatic N) is 3. The van der Waals surface area contributed by atoms with Gasteiger partial charge in [0.2, 0.25) is 0 Å². The average Bonchev–Trinajstić information content (AvgIpc) is 3.18. The highest BCUT2D eigenvalue weighted by atomic mass is 79.9. The number of benzene rings is 2. The lowest BCUT2D eigenvalue weighted by Crippen LogP contribution is -2.43. The minimum absolute atomic E-state index is 0.132. The van der Waals surface area contributed by atoms with Crippen LogP contribution in [0, 0.1) is 0 Å². The molecule has 1 aliphatic heterocycles. The summed E-state index contributed by atoms with van der Waals surface area (Å²) in [5.41, 5.74) is 2.40. The molecule has 2 aromatic carbocycles. The van der Waals surface area contributed by atoms with Crippen LogP contribution in [0.25, 0.3) is 6.08 Å². The molecule has 0 radical (unpaired) electrons. The molecule has 1 amide bonds. The number of aromatic nitrogens is 1. The maximum Gasteiger partial charge on any atom is 0.271 e. The molecule has 0 N–H and O–H groups in total. The largest absolute Gasteiger partial charge is 0.489 e. The van der Waals surface area contributed by atoms with Crippen molar-refractivity contribution in [3.63, 3.8) is 0 Å². The number of hydrogen-bond donors (Lipinski definition) is 0. The van der Waals surface area contributed by atoms with Crippen LogP contribution in [0.4, 0.5) is 0 Å². The van der Waals surface area contributed by atoms with Crippen molar-refractivity contribution >= 4 is 50.9 Å². The number of fused-ring (bicyclic) bond motifs is 1. The van der Waals surface area contributed by atoms with E-state index in [0.29, 0.717) is 51.1 Å². The van der Waals surface area contributed by atoms with Crippen LogP contribution >= 0.6 is 38.9 Å². The zero-order valence-electron chi connectivity index (χ0n) is 20.8. The van der Waals surface area contributed by atoms with Crippen molar-refractivity contribution in [2.45, 2.75) is 26.8 Å². The van der Waals surface area contributed by atoms with Crippen LogP contribution in [-0.2, 0) is 4.79 Å². The van der Waals surface area contributed by atoms with Crippen LogP contribution < -0.4 is 19.6 Å². The van der Waals surface area contributed by atoms with Crippen molar-refractivity contribution in [1.82, 2.24) is 9.47 Å². The molecule has 1 aromatic heterocycles. The van der Waals surface area contributed by atoms with Gasteiger partial charge in [-0.1, -0.05) is 63.7 Å². The van der Waals surface area contributed by atoms with Crippen LogP contribution in [0.3, 0.4) is 0 Å². The van der Waals surface area contributed by atoms with E-state index in [1.807, 2.05) is 51.1 Å².